The molecule has 0 saturated carbocycles. The van der Waals surface area contributed by atoms with Crippen LogP contribution in [0.3, 0.4) is 0 Å². The second-order valence-electron chi connectivity index (χ2n) is 4.80. The average molecular weight is 268 g/mol. The molecular weight excluding hydrogens is 252 g/mol. The lowest BCUT2D eigenvalue weighted by Crippen LogP contribution is -2.03. The molecule has 2 heterocycles. The first kappa shape index (κ1) is 12.5. The van der Waals surface area contributed by atoms with E-state index in [1.807, 2.05) is 36.7 Å². The predicted octanol–water partition coefficient (Wildman–Crippen LogP) is 2.79. The van der Waals surface area contributed by atoms with E-state index in [4.69, 9.17) is 10.3 Å². The molecule has 5 heteroatoms. The lowest BCUT2D eigenvalue weighted by Gasteiger charge is -2.04. The predicted molar refractivity (Wildman–Crippen MR) is 77.2 cm³/mol. The molecule has 3 aromatic rings. The van der Waals surface area contributed by atoms with Crippen LogP contribution in [0.5, 0.6) is 0 Å². The van der Waals surface area contributed by atoms with E-state index in [0.717, 1.165) is 29.2 Å². The number of nitrogen functional groups attached to an aromatic ring is 1. The second-order valence-corrected chi connectivity index (χ2v) is 4.80. The van der Waals surface area contributed by atoms with Gasteiger partial charge in [0, 0.05) is 17.3 Å². The summed E-state index contributed by atoms with van der Waals surface area (Å²) in [5.74, 6) is 0.314. The number of hydrogen-bond donors (Lipinski definition) is 1. The Balaban J connectivity index is 1.99. The van der Waals surface area contributed by atoms with Crippen LogP contribution < -0.4 is 5.73 Å². The van der Waals surface area contributed by atoms with Crippen LogP contribution in [-0.2, 0) is 6.54 Å². The topological polar surface area (TPSA) is 69.9 Å². The molecule has 0 aliphatic carbocycles. The minimum absolute atomic E-state index is 0.314. The van der Waals surface area contributed by atoms with Gasteiger partial charge in [-0.15, -0.1) is 0 Å². The van der Waals surface area contributed by atoms with Crippen LogP contribution in [0.15, 0.2) is 40.9 Å². The second kappa shape index (κ2) is 4.85. The number of hydrogen-bond acceptors (Lipinski definition) is 4. The number of rotatable bonds is 3. The van der Waals surface area contributed by atoms with E-state index in [-0.39, 0.29) is 0 Å². The Labute approximate surface area is 117 Å². The SMILES string of the molecule is Cc1nn(Cc2ccccc2)c(C)c1-c1cc(N)on1. The minimum atomic E-state index is 0.314. The summed E-state index contributed by atoms with van der Waals surface area (Å²) in [6, 6.07) is 12.0. The molecule has 102 valence electrons. The van der Waals surface area contributed by atoms with Crippen LogP contribution in [0, 0.1) is 13.8 Å². The van der Waals surface area contributed by atoms with Gasteiger partial charge in [-0.25, -0.2) is 0 Å². The fraction of sp³-hybridized carbons (Fsp3) is 0.200. The highest BCUT2D eigenvalue weighted by Gasteiger charge is 2.16. The summed E-state index contributed by atoms with van der Waals surface area (Å²) in [6.07, 6.45) is 0. The fourth-order valence-electron chi connectivity index (χ4n) is 2.39. The molecule has 5 nitrogen and oxygen atoms in total. The van der Waals surface area contributed by atoms with Gasteiger partial charge in [0.25, 0.3) is 0 Å². The Kier molecular flexibility index (Phi) is 3.02. The van der Waals surface area contributed by atoms with E-state index in [1.165, 1.54) is 5.56 Å². The van der Waals surface area contributed by atoms with Crippen molar-refractivity contribution in [3.8, 4) is 11.3 Å². The third-order valence-electron chi connectivity index (χ3n) is 3.34. The number of nitrogens with two attached hydrogens (primary N) is 1. The fourth-order valence-corrected chi connectivity index (χ4v) is 2.39. The number of aryl methyl sites for hydroxylation is 1. The first-order chi connectivity index (χ1) is 9.65. The Morgan fingerprint density at radius 2 is 1.95 bits per heavy atom. The van der Waals surface area contributed by atoms with E-state index in [0.29, 0.717) is 5.88 Å². The van der Waals surface area contributed by atoms with Crippen LogP contribution >= 0.6 is 0 Å². The largest absolute Gasteiger partial charge is 0.368 e. The Bertz CT molecular complexity index is 728. The first-order valence-electron chi connectivity index (χ1n) is 6.45. The Hall–Kier alpha value is -2.56. The molecule has 2 N–H and O–H groups in total. The highest BCUT2D eigenvalue weighted by atomic mass is 16.5. The molecule has 0 saturated heterocycles. The summed E-state index contributed by atoms with van der Waals surface area (Å²) in [5.41, 5.74) is 10.5. The van der Waals surface area contributed by atoms with Gasteiger partial charge in [-0.05, 0) is 19.4 Å². The molecule has 0 fully saturated rings. The lowest BCUT2D eigenvalue weighted by molar-refractivity contribution is 0.439. The zero-order valence-electron chi connectivity index (χ0n) is 11.5. The molecule has 0 spiro atoms. The van der Waals surface area contributed by atoms with Gasteiger partial charge in [-0.3, -0.25) is 4.68 Å². The summed E-state index contributed by atoms with van der Waals surface area (Å²) >= 11 is 0. The number of benzene rings is 1. The lowest BCUT2D eigenvalue weighted by atomic mass is 10.1. The molecule has 20 heavy (non-hydrogen) atoms. The van der Waals surface area contributed by atoms with Crippen LogP contribution in [0.25, 0.3) is 11.3 Å². The van der Waals surface area contributed by atoms with E-state index in [1.54, 1.807) is 6.07 Å². The van der Waals surface area contributed by atoms with Crippen molar-refractivity contribution in [2.24, 2.45) is 0 Å². The molecular formula is C15H16N4O. The molecule has 0 aliphatic rings. The molecule has 0 radical (unpaired) electrons. The molecule has 0 bridgehead atoms. The van der Waals surface area contributed by atoms with Gasteiger partial charge >= 0.3 is 0 Å². The molecule has 0 aliphatic heterocycles. The summed E-state index contributed by atoms with van der Waals surface area (Å²) in [6.45, 7) is 4.73. The van der Waals surface area contributed by atoms with Crippen LogP contribution in [-0.4, -0.2) is 14.9 Å². The van der Waals surface area contributed by atoms with Crippen LogP contribution in [0.4, 0.5) is 5.88 Å². The monoisotopic (exact) mass is 268 g/mol. The smallest absolute Gasteiger partial charge is 0.222 e. The maximum absolute atomic E-state index is 5.59. The molecule has 2 aromatic heterocycles. The first-order valence-corrected chi connectivity index (χ1v) is 6.45. The van der Waals surface area contributed by atoms with Crippen molar-refractivity contribution in [1.82, 2.24) is 14.9 Å². The Morgan fingerprint density at radius 1 is 1.20 bits per heavy atom. The third-order valence-corrected chi connectivity index (χ3v) is 3.34. The van der Waals surface area contributed by atoms with Crippen LogP contribution in [0.1, 0.15) is 17.0 Å². The van der Waals surface area contributed by atoms with Crippen molar-refractivity contribution in [2.45, 2.75) is 20.4 Å². The number of aromatic nitrogens is 3. The van der Waals surface area contributed by atoms with E-state index in [9.17, 15) is 0 Å². The zero-order chi connectivity index (χ0) is 14.1. The molecule has 0 unspecified atom stereocenters. The van der Waals surface area contributed by atoms with Crippen molar-refractivity contribution >= 4 is 5.88 Å². The van der Waals surface area contributed by atoms with Gasteiger partial charge in [0.05, 0.1) is 12.2 Å². The van der Waals surface area contributed by atoms with E-state index >= 15 is 0 Å². The number of nitrogens with zero attached hydrogens (tertiary/aromatic N) is 3. The summed E-state index contributed by atoms with van der Waals surface area (Å²) in [7, 11) is 0. The van der Waals surface area contributed by atoms with Crippen molar-refractivity contribution in [1.29, 1.82) is 0 Å². The van der Waals surface area contributed by atoms with Gasteiger partial charge in [-0.1, -0.05) is 35.5 Å². The van der Waals surface area contributed by atoms with Crippen molar-refractivity contribution < 1.29 is 4.52 Å². The van der Waals surface area contributed by atoms with Crippen molar-refractivity contribution in [2.75, 3.05) is 5.73 Å². The van der Waals surface area contributed by atoms with E-state index in [2.05, 4.69) is 22.4 Å². The van der Waals surface area contributed by atoms with Crippen LogP contribution in [0.2, 0.25) is 0 Å². The maximum Gasteiger partial charge on any atom is 0.222 e. The van der Waals surface area contributed by atoms with Crippen molar-refractivity contribution in [3.05, 3.63) is 53.3 Å². The third kappa shape index (κ3) is 2.18. The quantitative estimate of drug-likeness (QED) is 0.793. The molecule has 0 amide bonds. The standard InChI is InChI=1S/C15H16N4O/c1-10-15(13-8-14(16)20-18-13)11(2)19(17-10)9-12-6-4-3-5-7-12/h3-8H,9,16H2,1-2H3. The summed E-state index contributed by atoms with van der Waals surface area (Å²) in [5, 5.41) is 8.56. The van der Waals surface area contributed by atoms with Gasteiger partial charge < -0.3 is 10.3 Å². The Morgan fingerprint density at radius 3 is 2.60 bits per heavy atom. The normalized spacial score (nSPS) is 10.9. The van der Waals surface area contributed by atoms with Gasteiger partial charge in [0.15, 0.2) is 0 Å². The maximum atomic E-state index is 5.59. The summed E-state index contributed by atoms with van der Waals surface area (Å²) < 4.78 is 6.92. The van der Waals surface area contributed by atoms with E-state index < -0.39 is 0 Å². The molecule has 1 aromatic carbocycles. The van der Waals surface area contributed by atoms with Gasteiger partial charge in [0.2, 0.25) is 5.88 Å². The minimum Gasteiger partial charge on any atom is -0.368 e. The highest BCUT2D eigenvalue weighted by Crippen LogP contribution is 2.27. The van der Waals surface area contributed by atoms with Crippen molar-refractivity contribution in [3.63, 3.8) is 0 Å². The number of anilines is 1. The zero-order valence-corrected chi connectivity index (χ0v) is 11.5. The molecule has 0 atom stereocenters. The van der Waals surface area contributed by atoms with Gasteiger partial charge in [-0.2, -0.15) is 5.10 Å². The molecule has 3 rings (SSSR count). The average Bonchev–Trinajstić information content (AvgIpc) is 2.96. The van der Waals surface area contributed by atoms with Gasteiger partial charge in [0.1, 0.15) is 5.69 Å². The highest BCUT2D eigenvalue weighted by molar-refractivity contribution is 5.66. The summed E-state index contributed by atoms with van der Waals surface area (Å²) in [4.78, 5) is 0.